The van der Waals surface area contributed by atoms with E-state index in [9.17, 15) is 9.59 Å². The van der Waals surface area contributed by atoms with Gasteiger partial charge in [0.1, 0.15) is 0 Å². The van der Waals surface area contributed by atoms with Crippen LogP contribution in [-0.2, 0) is 9.59 Å². The Bertz CT molecular complexity index is 292. The molecule has 1 saturated heterocycles. The summed E-state index contributed by atoms with van der Waals surface area (Å²) in [6.07, 6.45) is 2.78. The molecule has 0 spiro atoms. The molecule has 1 atom stereocenters. The summed E-state index contributed by atoms with van der Waals surface area (Å²) < 4.78 is 0. The summed E-state index contributed by atoms with van der Waals surface area (Å²) in [5.74, 6) is 0.294. The number of nitrogens with two attached hydrogens (primary N) is 1. The molecule has 5 heteroatoms. The van der Waals surface area contributed by atoms with Crippen LogP contribution in [0.4, 0.5) is 0 Å². The lowest BCUT2D eigenvalue weighted by molar-refractivity contribution is -0.126. The van der Waals surface area contributed by atoms with E-state index in [1.807, 2.05) is 4.90 Å². The summed E-state index contributed by atoms with van der Waals surface area (Å²) in [5, 5.41) is 2.91. The molecule has 18 heavy (non-hydrogen) atoms. The van der Waals surface area contributed by atoms with Crippen molar-refractivity contribution >= 4 is 11.8 Å². The second-order valence-electron chi connectivity index (χ2n) is 5.51. The van der Waals surface area contributed by atoms with Gasteiger partial charge in [0.15, 0.2) is 0 Å². The second-order valence-corrected chi connectivity index (χ2v) is 5.51. The average molecular weight is 255 g/mol. The average Bonchev–Trinajstić information content (AvgIpc) is 2.28. The van der Waals surface area contributed by atoms with Crippen LogP contribution in [0.1, 0.15) is 33.1 Å². The predicted molar refractivity (Wildman–Crippen MR) is 70.8 cm³/mol. The van der Waals surface area contributed by atoms with E-state index in [1.54, 1.807) is 0 Å². The third-order valence-corrected chi connectivity index (χ3v) is 3.32. The Morgan fingerprint density at radius 2 is 2.17 bits per heavy atom. The minimum atomic E-state index is -0.250. The third kappa shape index (κ3) is 5.49. The van der Waals surface area contributed by atoms with Crippen LogP contribution in [0.2, 0.25) is 0 Å². The first-order valence-corrected chi connectivity index (χ1v) is 6.77. The molecule has 0 aromatic heterocycles. The fourth-order valence-electron chi connectivity index (χ4n) is 2.19. The van der Waals surface area contributed by atoms with E-state index in [-0.39, 0.29) is 17.7 Å². The molecule has 0 aliphatic carbocycles. The van der Waals surface area contributed by atoms with Gasteiger partial charge in [0, 0.05) is 13.1 Å². The van der Waals surface area contributed by atoms with Crippen LogP contribution in [-0.4, -0.2) is 42.9 Å². The van der Waals surface area contributed by atoms with Crippen LogP contribution in [0.5, 0.6) is 0 Å². The first kappa shape index (κ1) is 15.0. The summed E-state index contributed by atoms with van der Waals surface area (Å²) >= 11 is 0. The molecule has 0 radical (unpaired) electrons. The molecule has 0 saturated carbocycles. The van der Waals surface area contributed by atoms with Gasteiger partial charge in [0.2, 0.25) is 11.8 Å². The van der Waals surface area contributed by atoms with Crippen molar-refractivity contribution in [1.29, 1.82) is 0 Å². The normalized spacial score (nSPS) is 20.9. The van der Waals surface area contributed by atoms with Crippen LogP contribution in [0.15, 0.2) is 0 Å². The quantitative estimate of drug-likeness (QED) is 0.719. The zero-order chi connectivity index (χ0) is 13.5. The fraction of sp³-hybridized carbons (Fsp3) is 0.846. The molecule has 1 rings (SSSR count). The smallest absolute Gasteiger partial charge is 0.234 e. The number of piperidine rings is 1. The first-order chi connectivity index (χ1) is 8.49. The summed E-state index contributed by atoms with van der Waals surface area (Å²) in [5.41, 5.74) is 5.31. The lowest BCUT2D eigenvalue weighted by atomic mass is 9.97. The standard InChI is InChI=1S/C13H25N3O2/c1-10(2)5-6-15-12(17)9-16-7-3-4-11(8-16)13(14)18/h10-11H,3-9H2,1-2H3,(H2,14,18)(H,15,17)/t11-/m0/s1. The molecule has 0 unspecified atom stereocenters. The van der Waals surface area contributed by atoms with E-state index >= 15 is 0 Å². The number of likely N-dealkylation sites (tertiary alicyclic amines) is 1. The van der Waals surface area contributed by atoms with Gasteiger partial charge < -0.3 is 11.1 Å². The molecule has 104 valence electrons. The van der Waals surface area contributed by atoms with Crippen molar-refractivity contribution in [2.24, 2.45) is 17.6 Å². The van der Waals surface area contributed by atoms with Crippen molar-refractivity contribution in [2.75, 3.05) is 26.2 Å². The number of nitrogens with zero attached hydrogens (tertiary/aromatic N) is 1. The third-order valence-electron chi connectivity index (χ3n) is 3.32. The Labute approximate surface area is 109 Å². The Morgan fingerprint density at radius 3 is 2.78 bits per heavy atom. The maximum Gasteiger partial charge on any atom is 0.234 e. The number of hydrogen-bond acceptors (Lipinski definition) is 3. The highest BCUT2D eigenvalue weighted by molar-refractivity contribution is 5.79. The molecule has 1 aliphatic rings. The summed E-state index contributed by atoms with van der Waals surface area (Å²) in [6, 6.07) is 0. The van der Waals surface area contributed by atoms with Crippen LogP contribution in [0, 0.1) is 11.8 Å². The van der Waals surface area contributed by atoms with Gasteiger partial charge in [-0.25, -0.2) is 0 Å². The first-order valence-electron chi connectivity index (χ1n) is 6.77. The van der Waals surface area contributed by atoms with E-state index in [0.29, 0.717) is 19.0 Å². The fourth-order valence-corrected chi connectivity index (χ4v) is 2.19. The molecule has 0 bridgehead atoms. The zero-order valence-electron chi connectivity index (χ0n) is 11.4. The highest BCUT2D eigenvalue weighted by atomic mass is 16.2. The van der Waals surface area contributed by atoms with E-state index in [1.165, 1.54) is 0 Å². The van der Waals surface area contributed by atoms with E-state index in [0.717, 1.165) is 32.4 Å². The molecule has 0 aromatic rings. The van der Waals surface area contributed by atoms with Gasteiger partial charge >= 0.3 is 0 Å². The highest BCUT2D eigenvalue weighted by Crippen LogP contribution is 2.15. The van der Waals surface area contributed by atoms with Crippen LogP contribution in [0.3, 0.4) is 0 Å². The zero-order valence-corrected chi connectivity index (χ0v) is 11.4. The van der Waals surface area contributed by atoms with Crippen molar-refractivity contribution in [3.05, 3.63) is 0 Å². The van der Waals surface area contributed by atoms with Crippen LogP contribution < -0.4 is 11.1 Å². The Morgan fingerprint density at radius 1 is 1.44 bits per heavy atom. The number of hydrogen-bond donors (Lipinski definition) is 2. The van der Waals surface area contributed by atoms with Gasteiger partial charge in [0.05, 0.1) is 12.5 Å². The number of carbonyl (C=O) groups excluding carboxylic acids is 2. The summed E-state index contributed by atoms with van der Waals surface area (Å²) in [7, 11) is 0. The molecule has 0 aromatic carbocycles. The van der Waals surface area contributed by atoms with Gasteiger partial charge in [-0.2, -0.15) is 0 Å². The maximum atomic E-state index is 11.7. The number of carbonyl (C=O) groups is 2. The number of primary amides is 1. The van der Waals surface area contributed by atoms with Crippen molar-refractivity contribution in [3.8, 4) is 0 Å². The van der Waals surface area contributed by atoms with Crippen molar-refractivity contribution in [1.82, 2.24) is 10.2 Å². The molecule has 2 amide bonds. The van der Waals surface area contributed by atoms with Gasteiger partial charge in [0.25, 0.3) is 0 Å². The SMILES string of the molecule is CC(C)CCNC(=O)CN1CCC[C@H](C(N)=O)C1. The topological polar surface area (TPSA) is 75.4 Å². The Balaban J connectivity index is 2.24. The minimum absolute atomic E-state index is 0.0424. The van der Waals surface area contributed by atoms with E-state index in [4.69, 9.17) is 5.73 Å². The molecule has 1 heterocycles. The molecular weight excluding hydrogens is 230 g/mol. The van der Waals surface area contributed by atoms with Crippen LogP contribution >= 0.6 is 0 Å². The van der Waals surface area contributed by atoms with Crippen molar-refractivity contribution in [2.45, 2.75) is 33.1 Å². The Hall–Kier alpha value is -1.10. The van der Waals surface area contributed by atoms with E-state index in [2.05, 4.69) is 19.2 Å². The highest BCUT2D eigenvalue weighted by Gasteiger charge is 2.24. The molecule has 1 aliphatic heterocycles. The monoisotopic (exact) mass is 255 g/mol. The molecule has 5 nitrogen and oxygen atoms in total. The summed E-state index contributed by atoms with van der Waals surface area (Å²) in [6.45, 7) is 6.86. The van der Waals surface area contributed by atoms with Crippen molar-refractivity contribution < 1.29 is 9.59 Å². The molecular formula is C13H25N3O2. The van der Waals surface area contributed by atoms with Crippen molar-refractivity contribution in [3.63, 3.8) is 0 Å². The van der Waals surface area contributed by atoms with Crippen LogP contribution in [0.25, 0.3) is 0 Å². The van der Waals surface area contributed by atoms with Gasteiger partial charge in [-0.05, 0) is 31.7 Å². The lowest BCUT2D eigenvalue weighted by Crippen LogP contribution is -2.45. The number of rotatable bonds is 6. The van der Waals surface area contributed by atoms with E-state index < -0.39 is 0 Å². The Kier molecular flexibility index (Phi) is 6.12. The number of amides is 2. The summed E-state index contributed by atoms with van der Waals surface area (Å²) in [4.78, 5) is 24.8. The number of nitrogens with one attached hydrogen (secondary N) is 1. The largest absolute Gasteiger partial charge is 0.369 e. The van der Waals surface area contributed by atoms with Gasteiger partial charge in [-0.15, -0.1) is 0 Å². The minimum Gasteiger partial charge on any atom is -0.369 e. The van der Waals surface area contributed by atoms with Gasteiger partial charge in [-0.3, -0.25) is 14.5 Å². The second kappa shape index (κ2) is 7.36. The van der Waals surface area contributed by atoms with Gasteiger partial charge in [-0.1, -0.05) is 13.8 Å². The molecule has 3 N–H and O–H groups in total. The molecule has 1 fully saturated rings. The lowest BCUT2D eigenvalue weighted by Gasteiger charge is -2.30. The predicted octanol–water partition coefficient (Wildman–Crippen LogP) is 0.346. The maximum absolute atomic E-state index is 11.7.